The molecule has 1 heterocycles. The van der Waals surface area contributed by atoms with E-state index >= 15 is 0 Å². The van der Waals surface area contributed by atoms with Gasteiger partial charge in [-0.15, -0.1) is 0 Å². The van der Waals surface area contributed by atoms with Crippen molar-refractivity contribution in [3.05, 3.63) is 47.8 Å². The first-order chi connectivity index (χ1) is 11.1. The maximum atomic E-state index is 5.34. The van der Waals surface area contributed by atoms with Gasteiger partial charge in [0.1, 0.15) is 0 Å². The highest BCUT2D eigenvalue weighted by Crippen LogP contribution is 2.28. The van der Waals surface area contributed by atoms with Crippen LogP contribution >= 0.6 is 0 Å². The van der Waals surface area contributed by atoms with Crippen LogP contribution in [0.5, 0.6) is 11.5 Å². The third-order valence-electron chi connectivity index (χ3n) is 4.12. The van der Waals surface area contributed by atoms with Gasteiger partial charge in [0.05, 0.1) is 21.3 Å². The average Bonchev–Trinajstić information content (AvgIpc) is 2.86. The molecule has 0 fully saturated rings. The maximum absolute atomic E-state index is 5.34. The largest absolute Gasteiger partial charge is 0.493 e. The van der Waals surface area contributed by atoms with Crippen molar-refractivity contribution in [1.82, 2.24) is 4.98 Å². The Hall–Kier alpha value is -2.69. The number of aryl methyl sites for hydroxylation is 2. The second-order valence-corrected chi connectivity index (χ2v) is 5.54. The van der Waals surface area contributed by atoms with Crippen LogP contribution in [0.1, 0.15) is 11.4 Å². The third kappa shape index (κ3) is 2.95. The molecule has 1 aromatic heterocycles. The Labute approximate surface area is 135 Å². The lowest BCUT2D eigenvalue weighted by atomic mass is 10.2. The number of fused-ring (bicyclic) bond motifs is 1. The van der Waals surface area contributed by atoms with Gasteiger partial charge in [0.25, 0.3) is 5.82 Å². The van der Waals surface area contributed by atoms with E-state index in [0.717, 1.165) is 40.6 Å². The zero-order chi connectivity index (χ0) is 16.4. The van der Waals surface area contributed by atoms with Crippen molar-refractivity contribution in [2.75, 3.05) is 19.5 Å². The number of hydrogen-bond acceptors (Lipinski definition) is 3. The topological polar surface area (TPSA) is 50.2 Å². The molecule has 5 nitrogen and oxygen atoms in total. The Morgan fingerprint density at radius 3 is 2.57 bits per heavy atom. The molecule has 0 saturated carbocycles. The maximum Gasteiger partial charge on any atom is 0.251 e. The standard InChI is InChI=1S/C18H21N3O2/c1-12-20-15-10-14(6-7-16(15)21(12)2)19-11-13-5-8-17(22-3)18(9-13)23-4/h5-10,19H,11H2,1-4H3/p+1. The molecule has 2 N–H and O–H groups in total. The Balaban J connectivity index is 1.78. The molecule has 3 rings (SSSR count). The van der Waals surface area contributed by atoms with Gasteiger partial charge in [-0.25, -0.2) is 9.55 Å². The molecule has 5 heteroatoms. The van der Waals surface area contributed by atoms with Crippen molar-refractivity contribution in [2.24, 2.45) is 7.05 Å². The predicted molar refractivity (Wildman–Crippen MR) is 91.1 cm³/mol. The first-order valence-corrected chi connectivity index (χ1v) is 7.55. The quantitative estimate of drug-likeness (QED) is 0.712. The van der Waals surface area contributed by atoms with Crippen LogP contribution in [0.3, 0.4) is 0 Å². The van der Waals surface area contributed by atoms with Gasteiger partial charge in [-0.05, 0) is 29.8 Å². The van der Waals surface area contributed by atoms with E-state index in [1.54, 1.807) is 14.2 Å². The second kappa shape index (κ2) is 6.20. The lowest BCUT2D eigenvalue weighted by molar-refractivity contribution is -0.651. The summed E-state index contributed by atoms with van der Waals surface area (Å²) in [4.78, 5) is 3.39. The molecule has 0 bridgehead atoms. The van der Waals surface area contributed by atoms with Crippen molar-refractivity contribution in [1.29, 1.82) is 0 Å². The Morgan fingerprint density at radius 2 is 1.83 bits per heavy atom. The Morgan fingerprint density at radius 1 is 1.04 bits per heavy atom. The second-order valence-electron chi connectivity index (χ2n) is 5.54. The van der Waals surface area contributed by atoms with Gasteiger partial charge < -0.3 is 14.8 Å². The number of anilines is 1. The molecular formula is C18H22N3O2+. The van der Waals surface area contributed by atoms with Crippen LogP contribution in [-0.4, -0.2) is 19.2 Å². The van der Waals surface area contributed by atoms with Gasteiger partial charge in [0.2, 0.25) is 0 Å². The minimum Gasteiger partial charge on any atom is -0.493 e. The zero-order valence-electron chi connectivity index (χ0n) is 13.9. The Bertz CT molecular complexity index is 840. The fourth-order valence-corrected chi connectivity index (χ4v) is 2.69. The normalized spacial score (nSPS) is 10.8. The van der Waals surface area contributed by atoms with Crippen molar-refractivity contribution in [3.63, 3.8) is 0 Å². The molecular weight excluding hydrogens is 290 g/mol. The van der Waals surface area contributed by atoms with Crippen LogP contribution in [0, 0.1) is 6.92 Å². The van der Waals surface area contributed by atoms with Crippen LogP contribution in [-0.2, 0) is 13.6 Å². The number of ether oxygens (including phenoxy) is 2. The van der Waals surface area contributed by atoms with E-state index in [2.05, 4.69) is 47.0 Å². The monoisotopic (exact) mass is 312 g/mol. The van der Waals surface area contributed by atoms with Gasteiger partial charge >= 0.3 is 0 Å². The summed E-state index contributed by atoms with van der Waals surface area (Å²) in [7, 11) is 5.35. The summed E-state index contributed by atoms with van der Waals surface area (Å²) < 4.78 is 12.8. The summed E-state index contributed by atoms with van der Waals surface area (Å²) in [5.41, 5.74) is 4.53. The van der Waals surface area contributed by atoms with E-state index in [4.69, 9.17) is 9.47 Å². The van der Waals surface area contributed by atoms with Crippen LogP contribution in [0.15, 0.2) is 36.4 Å². The van der Waals surface area contributed by atoms with E-state index in [1.807, 2.05) is 18.2 Å². The lowest BCUT2D eigenvalue weighted by Crippen LogP contribution is -2.29. The SMILES string of the molecule is COc1ccc(CNc2ccc3c(c2)[nH]c(C)[n+]3C)cc1OC. The molecule has 0 aliphatic heterocycles. The fourth-order valence-electron chi connectivity index (χ4n) is 2.69. The summed E-state index contributed by atoms with van der Waals surface area (Å²) in [5.74, 6) is 2.62. The number of benzene rings is 2. The zero-order valence-corrected chi connectivity index (χ0v) is 13.9. The number of rotatable bonds is 5. The highest BCUT2D eigenvalue weighted by atomic mass is 16.5. The highest BCUT2D eigenvalue weighted by molar-refractivity contribution is 5.76. The van der Waals surface area contributed by atoms with Crippen molar-refractivity contribution in [2.45, 2.75) is 13.5 Å². The molecule has 0 atom stereocenters. The van der Waals surface area contributed by atoms with Crippen molar-refractivity contribution < 1.29 is 14.0 Å². The highest BCUT2D eigenvalue weighted by Gasteiger charge is 2.11. The van der Waals surface area contributed by atoms with Gasteiger partial charge in [-0.1, -0.05) is 6.07 Å². The molecule has 3 aromatic rings. The summed E-state index contributed by atoms with van der Waals surface area (Å²) in [6, 6.07) is 12.3. The number of nitrogens with zero attached hydrogens (tertiary/aromatic N) is 1. The third-order valence-corrected chi connectivity index (χ3v) is 4.12. The average molecular weight is 312 g/mol. The summed E-state index contributed by atoms with van der Waals surface area (Å²) in [6.07, 6.45) is 0. The van der Waals surface area contributed by atoms with Crippen LogP contribution in [0.2, 0.25) is 0 Å². The number of H-pyrrole nitrogens is 1. The number of methoxy groups -OCH3 is 2. The number of aromatic amines is 1. The molecule has 0 unspecified atom stereocenters. The van der Waals surface area contributed by atoms with Gasteiger partial charge in [-0.2, -0.15) is 0 Å². The van der Waals surface area contributed by atoms with Gasteiger partial charge in [-0.3, -0.25) is 0 Å². The first kappa shape index (κ1) is 15.2. The molecule has 0 radical (unpaired) electrons. The molecule has 0 aliphatic carbocycles. The molecule has 0 spiro atoms. The van der Waals surface area contributed by atoms with E-state index < -0.39 is 0 Å². The molecule has 120 valence electrons. The van der Waals surface area contributed by atoms with Gasteiger partial charge in [0.15, 0.2) is 22.5 Å². The Kier molecular flexibility index (Phi) is 4.10. The number of nitrogens with one attached hydrogen (secondary N) is 2. The van der Waals surface area contributed by atoms with Crippen LogP contribution < -0.4 is 19.4 Å². The number of aromatic nitrogens is 2. The van der Waals surface area contributed by atoms with Crippen molar-refractivity contribution >= 4 is 16.7 Å². The van der Waals surface area contributed by atoms with E-state index in [-0.39, 0.29) is 0 Å². The first-order valence-electron chi connectivity index (χ1n) is 7.55. The van der Waals surface area contributed by atoms with Crippen LogP contribution in [0.4, 0.5) is 5.69 Å². The fraction of sp³-hybridized carbons (Fsp3) is 0.278. The summed E-state index contributed by atoms with van der Waals surface area (Å²) in [5, 5.41) is 3.44. The smallest absolute Gasteiger partial charge is 0.251 e. The molecule has 0 aliphatic rings. The summed E-state index contributed by atoms with van der Waals surface area (Å²) in [6.45, 7) is 2.79. The molecule has 2 aromatic carbocycles. The van der Waals surface area contributed by atoms with E-state index in [0.29, 0.717) is 0 Å². The molecule has 0 saturated heterocycles. The number of hydrogen-bond donors (Lipinski definition) is 2. The van der Waals surface area contributed by atoms with Gasteiger partial charge in [0, 0.05) is 25.2 Å². The van der Waals surface area contributed by atoms with Crippen molar-refractivity contribution in [3.8, 4) is 11.5 Å². The minimum atomic E-state index is 0.720. The van der Waals surface area contributed by atoms with Crippen LogP contribution in [0.25, 0.3) is 11.0 Å². The van der Waals surface area contributed by atoms with E-state index in [9.17, 15) is 0 Å². The lowest BCUT2D eigenvalue weighted by Gasteiger charge is -2.10. The van der Waals surface area contributed by atoms with E-state index in [1.165, 1.54) is 5.52 Å². The number of imidazole rings is 1. The predicted octanol–water partition coefficient (Wildman–Crippen LogP) is 2.93. The molecule has 23 heavy (non-hydrogen) atoms. The molecule has 0 amide bonds. The minimum absolute atomic E-state index is 0.720. The summed E-state index contributed by atoms with van der Waals surface area (Å²) >= 11 is 0.